The van der Waals surface area contributed by atoms with E-state index in [1.807, 2.05) is 0 Å². The molecular formula is C15H25N3O3. The van der Waals surface area contributed by atoms with Crippen molar-refractivity contribution in [3.05, 3.63) is 0 Å². The summed E-state index contributed by atoms with van der Waals surface area (Å²) >= 11 is 0. The number of carbonyl (C=O) groups excluding carboxylic acids is 1. The van der Waals surface area contributed by atoms with E-state index in [1.165, 1.54) is 12.8 Å². The molecule has 1 aliphatic carbocycles. The Balaban J connectivity index is 1.52. The van der Waals surface area contributed by atoms with Gasteiger partial charge in [0, 0.05) is 37.8 Å². The van der Waals surface area contributed by atoms with Crippen LogP contribution in [0, 0.1) is 0 Å². The summed E-state index contributed by atoms with van der Waals surface area (Å²) in [7, 11) is 0. The predicted molar refractivity (Wildman–Crippen MR) is 78.1 cm³/mol. The SMILES string of the molecule is O=C(O)CC1CCCCN1C(=O)NC1CCN(C2CC2)C1. The zero-order chi connectivity index (χ0) is 14.8. The summed E-state index contributed by atoms with van der Waals surface area (Å²) in [4.78, 5) is 27.6. The lowest BCUT2D eigenvalue weighted by atomic mass is 10.00. The van der Waals surface area contributed by atoms with E-state index >= 15 is 0 Å². The normalized spacial score (nSPS) is 30.4. The van der Waals surface area contributed by atoms with Crippen LogP contribution in [-0.4, -0.2) is 64.7 Å². The molecule has 3 aliphatic rings. The molecule has 1 saturated carbocycles. The first-order valence-electron chi connectivity index (χ1n) is 8.16. The number of carboxylic acids is 1. The molecule has 0 aromatic heterocycles. The van der Waals surface area contributed by atoms with Gasteiger partial charge in [-0.15, -0.1) is 0 Å². The molecule has 3 rings (SSSR count). The number of hydrogen-bond donors (Lipinski definition) is 2. The Morgan fingerprint density at radius 1 is 1.10 bits per heavy atom. The lowest BCUT2D eigenvalue weighted by Crippen LogP contribution is -2.52. The topological polar surface area (TPSA) is 72.9 Å². The second-order valence-corrected chi connectivity index (χ2v) is 6.60. The van der Waals surface area contributed by atoms with E-state index in [0.29, 0.717) is 6.54 Å². The third-order valence-corrected chi connectivity index (χ3v) is 4.91. The van der Waals surface area contributed by atoms with Gasteiger partial charge in [-0.3, -0.25) is 9.69 Å². The first kappa shape index (κ1) is 14.6. The first-order valence-corrected chi connectivity index (χ1v) is 8.16. The van der Waals surface area contributed by atoms with Crippen LogP contribution in [0.3, 0.4) is 0 Å². The van der Waals surface area contributed by atoms with Crippen LogP contribution < -0.4 is 5.32 Å². The van der Waals surface area contributed by atoms with E-state index < -0.39 is 5.97 Å². The van der Waals surface area contributed by atoms with Crippen molar-refractivity contribution in [2.45, 2.75) is 63.1 Å². The summed E-state index contributed by atoms with van der Waals surface area (Å²) in [5.74, 6) is -0.819. The highest BCUT2D eigenvalue weighted by atomic mass is 16.4. The molecule has 2 unspecified atom stereocenters. The zero-order valence-corrected chi connectivity index (χ0v) is 12.5. The summed E-state index contributed by atoms with van der Waals surface area (Å²) in [6.45, 7) is 2.71. The Kier molecular flexibility index (Phi) is 4.33. The van der Waals surface area contributed by atoms with Gasteiger partial charge >= 0.3 is 12.0 Å². The molecule has 2 aliphatic heterocycles. The van der Waals surface area contributed by atoms with Crippen LogP contribution in [0.2, 0.25) is 0 Å². The highest BCUT2D eigenvalue weighted by Gasteiger charge is 2.36. The van der Waals surface area contributed by atoms with E-state index in [2.05, 4.69) is 10.2 Å². The van der Waals surface area contributed by atoms with Crippen LogP contribution in [0.25, 0.3) is 0 Å². The summed E-state index contributed by atoms with van der Waals surface area (Å²) in [6.07, 6.45) is 6.47. The van der Waals surface area contributed by atoms with Crippen molar-refractivity contribution in [2.24, 2.45) is 0 Å². The summed E-state index contributed by atoms with van der Waals surface area (Å²) < 4.78 is 0. The molecule has 0 aromatic carbocycles. The van der Waals surface area contributed by atoms with Crippen molar-refractivity contribution >= 4 is 12.0 Å². The highest BCUT2D eigenvalue weighted by Crippen LogP contribution is 2.30. The Labute approximate surface area is 125 Å². The Hall–Kier alpha value is -1.30. The van der Waals surface area contributed by atoms with Gasteiger partial charge in [-0.05, 0) is 38.5 Å². The molecule has 2 heterocycles. The minimum atomic E-state index is -0.819. The molecule has 2 amide bonds. The maximum absolute atomic E-state index is 12.4. The van der Waals surface area contributed by atoms with Gasteiger partial charge in [0.05, 0.1) is 6.42 Å². The lowest BCUT2D eigenvalue weighted by Gasteiger charge is -2.35. The van der Waals surface area contributed by atoms with Gasteiger partial charge in [-0.2, -0.15) is 0 Å². The van der Waals surface area contributed by atoms with Crippen molar-refractivity contribution < 1.29 is 14.7 Å². The van der Waals surface area contributed by atoms with E-state index in [4.69, 9.17) is 5.11 Å². The van der Waals surface area contributed by atoms with Crippen LogP contribution in [-0.2, 0) is 4.79 Å². The molecule has 0 aromatic rings. The number of nitrogens with zero attached hydrogens (tertiary/aromatic N) is 2. The largest absolute Gasteiger partial charge is 0.481 e. The van der Waals surface area contributed by atoms with E-state index in [1.54, 1.807) is 4.90 Å². The molecule has 3 fully saturated rings. The number of likely N-dealkylation sites (tertiary alicyclic amines) is 2. The fourth-order valence-corrected chi connectivity index (χ4v) is 3.62. The quantitative estimate of drug-likeness (QED) is 0.819. The van der Waals surface area contributed by atoms with Crippen molar-refractivity contribution in [1.29, 1.82) is 0 Å². The fraction of sp³-hybridized carbons (Fsp3) is 0.867. The maximum atomic E-state index is 12.4. The van der Waals surface area contributed by atoms with Gasteiger partial charge in [-0.1, -0.05) is 0 Å². The molecule has 6 heteroatoms. The van der Waals surface area contributed by atoms with Crippen LogP contribution >= 0.6 is 0 Å². The first-order chi connectivity index (χ1) is 10.1. The van der Waals surface area contributed by atoms with Crippen molar-refractivity contribution in [3.8, 4) is 0 Å². The van der Waals surface area contributed by atoms with Gasteiger partial charge in [0.1, 0.15) is 0 Å². The number of urea groups is 1. The average Bonchev–Trinajstić information content (AvgIpc) is 3.19. The number of carboxylic acid groups (broad SMARTS) is 1. The Bertz CT molecular complexity index is 411. The number of rotatable bonds is 4. The van der Waals surface area contributed by atoms with Gasteiger partial charge in [0.25, 0.3) is 0 Å². The van der Waals surface area contributed by atoms with Gasteiger partial charge in [0.2, 0.25) is 0 Å². The van der Waals surface area contributed by atoms with Crippen LogP contribution in [0.1, 0.15) is 44.9 Å². The molecule has 2 saturated heterocycles. The number of carbonyl (C=O) groups is 2. The molecule has 21 heavy (non-hydrogen) atoms. The van der Waals surface area contributed by atoms with Gasteiger partial charge in [-0.25, -0.2) is 4.79 Å². The Morgan fingerprint density at radius 3 is 2.62 bits per heavy atom. The van der Waals surface area contributed by atoms with E-state index in [9.17, 15) is 9.59 Å². The third-order valence-electron chi connectivity index (χ3n) is 4.91. The summed E-state index contributed by atoms with van der Waals surface area (Å²) in [5.41, 5.74) is 0. The predicted octanol–water partition coefficient (Wildman–Crippen LogP) is 1.26. The van der Waals surface area contributed by atoms with Gasteiger partial charge in [0.15, 0.2) is 0 Å². The van der Waals surface area contributed by atoms with Crippen molar-refractivity contribution in [3.63, 3.8) is 0 Å². The molecular weight excluding hydrogens is 270 g/mol. The second kappa shape index (κ2) is 6.22. The van der Waals surface area contributed by atoms with Crippen molar-refractivity contribution in [1.82, 2.24) is 15.1 Å². The minimum Gasteiger partial charge on any atom is -0.481 e. The van der Waals surface area contributed by atoms with Crippen LogP contribution in [0.5, 0.6) is 0 Å². The molecule has 6 nitrogen and oxygen atoms in total. The standard InChI is InChI=1S/C15H25N3O3/c19-14(20)9-13-3-1-2-7-18(13)15(21)16-11-6-8-17(10-11)12-4-5-12/h11-13H,1-10H2,(H,16,21)(H,19,20). The van der Waals surface area contributed by atoms with E-state index in [-0.39, 0.29) is 24.5 Å². The monoisotopic (exact) mass is 295 g/mol. The second-order valence-electron chi connectivity index (χ2n) is 6.60. The molecule has 118 valence electrons. The average molecular weight is 295 g/mol. The van der Waals surface area contributed by atoms with Gasteiger partial charge < -0.3 is 15.3 Å². The fourth-order valence-electron chi connectivity index (χ4n) is 3.62. The van der Waals surface area contributed by atoms with E-state index in [0.717, 1.165) is 44.8 Å². The lowest BCUT2D eigenvalue weighted by molar-refractivity contribution is -0.138. The minimum absolute atomic E-state index is 0.0618. The highest BCUT2D eigenvalue weighted by molar-refractivity contribution is 5.76. The number of hydrogen-bond acceptors (Lipinski definition) is 3. The number of amides is 2. The van der Waals surface area contributed by atoms with Crippen molar-refractivity contribution in [2.75, 3.05) is 19.6 Å². The number of piperidine rings is 1. The van der Waals surface area contributed by atoms with Crippen LogP contribution in [0.4, 0.5) is 4.79 Å². The molecule has 0 spiro atoms. The number of aliphatic carboxylic acids is 1. The van der Waals surface area contributed by atoms with Crippen LogP contribution in [0.15, 0.2) is 0 Å². The molecule has 0 radical (unpaired) electrons. The summed E-state index contributed by atoms with van der Waals surface area (Å²) in [5, 5.41) is 12.1. The zero-order valence-electron chi connectivity index (χ0n) is 12.5. The Morgan fingerprint density at radius 2 is 1.90 bits per heavy atom. The maximum Gasteiger partial charge on any atom is 0.317 e. The summed E-state index contributed by atoms with van der Waals surface area (Å²) in [6, 6.07) is 0.771. The third kappa shape index (κ3) is 3.67. The molecule has 2 N–H and O–H groups in total. The smallest absolute Gasteiger partial charge is 0.317 e. The molecule has 2 atom stereocenters. The molecule has 0 bridgehead atoms. The number of nitrogens with one attached hydrogen (secondary N) is 1.